The van der Waals surface area contributed by atoms with Crippen molar-refractivity contribution < 1.29 is 18.1 Å². The molecule has 0 aromatic heterocycles. The van der Waals surface area contributed by atoms with Crippen LogP contribution in [0.5, 0.6) is 0 Å². The first-order chi connectivity index (χ1) is 11.1. The molecule has 23 heavy (non-hydrogen) atoms. The first-order valence-electron chi connectivity index (χ1n) is 8.07. The van der Waals surface area contributed by atoms with E-state index in [1.165, 1.54) is 24.3 Å². The number of likely N-dealkylation sites (tertiary alicyclic amines) is 1. The molecule has 3 atom stereocenters. The van der Waals surface area contributed by atoms with E-state index in [2.05, 4.69) is 0 Å². The minimum Gasteiger partial charge on any atom is -0.611 e. The molecule has 0 saturated carbocycles. The van der Waals surface area contributed by atoms with Gasteiger partial charge in [-0.1, -0.05) is 13.3 Å². The summed E-state index contributed by atoms with van der Waals surface area (Å²) in [7, 11) is 0. The molecule has 0 radical (unpaired) electrons. The second-order valence-corrected chi connectivity index (χ2v) is 7.64. The number of alkyl halides is 1. The summed E-state index contributed by atoms with van der Waals surface area (Å²) in [6.45, 7) is 2.47. The SMILES string of the molecule is CCCC(CCF)C(=O)N1CC[C@H]([S+]([O-])c2ccc(F)cc2)C1. The van der Waals surface area contributed by atoms with Gasteiger partial charge in [0.25, 0.3) is 0 Å². The van der Waals surface area contributed by atoms with Gasteiger partial charge in [0, 0.05) is 18.9 Å². The Bertz CT molecular complexity index is 506. The van der Waals surface area contributed by atoms with E-state index in [-0.39, 0.29) is 29.3 Å². The van der Waals surface area contributed by atoms with Crippen molar-refractivity contribution in [3.8, 4) is 0 Å². The minimum atomic E-state index is -1.26. The van der Waals surface area contributed by atoms with Gasteiger partial charge in [0.15, 0.2) is 4.90 Å². The Balaban J connectivity index is 1.96. The van der Waals surface area contributed by atoms with Crippen molar-refractivity contribution in [3.05, 3.63) is 30.1 Å². The van der Waals surface area contributed by atoms with Gasteiger partial charge in [-0.15, -0.1) is 0 Å². The van der Waals surface area contributed by atoms with Gasteiger partial charge in [-0.3, -0.25) is 9.18 Å². The number of benzene rings is 1. The quantitative estimate of drug-likeness (QED) is 0.713. The Kier molecular flexibility index (Phi) is 6.84. The lowest BCUT2D eigenvalue weighted by atomic mass is 9.99. The zero-order valence-corrected chi connectivity index (χ0v) is 14.2. The molecule has 1 aromatic rings. The molecule has 0 spiro atoms. The van der Waals surface area contributed by atoms with Crippen molar-refractivity contribution in [1.82, 2.24) is 4.90 Å². The molecule has 0 N–H and O–H groups in total. The van der Waals surface area contributed by atoms with E-state index >= 15 is 0 Å². The Hall–Kier alpha value is -1.14. The number of nitrogens with zero attached hydrogens (tertiary/aromatic N) is 1. The van der Waals surface area contributed by atoms with Crippen LogP contribution in [0.3, 0.4) is 0 Å². The third kappa shape index (κ3) is 4.67. The molecule has 0 bridgehead atoms. The van der Waals surface area contributed by atoms with Gasteiger partial charge in [-0.2, -0.15) is 0 Å². The maximum Gasteiger partial charge on any atom is 0.225 e. The number of carbonyl (C=O) groups is 1. The Labute approximate surface area is 139 Å². The number of amides is 1. The van der Waals surface area contributed by atoms with Crippen molar-refractivity contribution in [2.24, 2.45) is 5.92 Å². The minimum absolute atomic E-state index is 0.0249. The molecule has 0 aliphatic carbocycles. The summed E-state index contributed by atoms with van der Waals surface area (Å²) in [5.74, 6) is -0.659. The van der Waals surface area contributed by atoms with Crippen molar-refractivity contribution in [3.63, 3.8) is 0 Å². The van der Waals surface area contributed by atoms with Crippen LogP contribution in [0.2, 0.25) is 0 Å². The molecular formula is C17H23F2NO2S. The molecule has 3 nitrogen and oxygen atoms in total. The summed E-state index contributed by atoms with van der Waals surface area (Å²) in [6.07, 6.45) is 2.44. The second kappa shape index (κ2) is 8.64. The monoisotopic (exact) mass is 343 g/mol. The van der Waals surface area contributed by atoms with E-state index in [9.17, 15) is 18.1 Å². The standard InChI is InChI=1S/C17H23F2NO2S/c1-2-3-13(8-10-18)17(21)20-11-9-16(12-20)23(22)15-6-4-14(19)5-7-15/h4-7,13,16H,2-3,8-12H2,1H3/t13?,16-,23?/m0/s1. The summed E-state index contributed by atoms with van der Waals surface area (Å²) in [4.78, 5) is 14.8. The van der Waals surface area contributed by atoms with E-state index in [1.54, 1.807) is 4.90 Å². The van der Waals surface area contributed by atoms with Gasteiger partial charge in [-0.25, -0.2) is 4.39 Å². The summed E-state index contributed by atoms with van der Waals surface area (Å²) < 4.78 is 38.1. The van der Waals surface area contributed by atoms with Crippen LogP contribution >= 0.6 is 0 Å². The van der Waals surface area contributed by atoms with Gasteiger partial charge in [0.05, 0.1) is 13.2 Å². The average Bonchev–Trinajstić information content (AvgIpc) is 3.04. The van der Waals surface area contributed by atoms with Gasteiger partial charge in [0.1, 0.15) is 11.1 Å². The van der Waals surface area contributed by atoms with Crippen molar-refractivity contribution in [2.45, 2.75) is 42.8 Å². The normalized spacial score (nSPS) is 20.5. The predicted octanol–water partition coefficient (Wildman–Crippen LogP) is 3.31. The zero-order valence-electron chi connectivity index (χ0n) is 13.3. The maximum absolute atomic E-state index is 12.9. The third-order valence-corrected chi connectivity index (χ3v) is 5.98. The Morgan fingerprint density at radius 2 is 2.09 bits per heavy atom. The molecule has 128 valence electrons. The summed E-state index contributed by atoms with van der Waals surface area (Å²) in [6, 6.07) is 5.64. The number of carbonyl (C=O) groups excluding carboxylic acids is 1. The smallest absolute Gasteiger partial charge is 0.225 e. The first-order valence-corrected chi connectivity index (χ1v) is 9.29. The van der Waals surface area contributed by atoms with Crippen LogP contribution in [-0.2, 0) is 16.0 Å². The number of hydrogen-bond acceptors (Lipinski definition) is 2. The lowest BCUT2D eigenvalue weighted by Gasteiger charge is -2.23. The molecular weight excluding hydrogens is 320 g/mol. The molecule has 1 aliphatic heterocycles. The van der Waals surface area contributed by atoms with E-state index < -0.39 is 17.9 Å². The Morgan fingerprint density at radius 3 is 2.70 bits per heavy atom. The van der Waals surface area contributed by atoms with Crippen LogP contribution in [0.4, 0.5) is 8.78 Å². The summed E-state index contributed by atoms with van der Waals surface area (Å²) in [5.41, 5.74) is 0. The first kappa shape index (κ1) is 18.2. The van der Waals surface area contributed by atoms with Crippen LogP contribution in [0.25, 0.3) is 0 Å². The third-order valence-electron chi connectivity index (χ3n) is 4.25. The molecule has 1 aliphatic rings. The summed E-state index contributed by atoms with van der Waals surface area (Å²) >= 11 is -1.26. The second-order valence-electron chi connectivity index (χ2n) is 5.91. The summed E-state index contributed by atoms with van der Waals surface area (Å²) in [5, 5.41) is -0.142. The van der Waals surface area contributed by atoms with E-state index in [0.29, 0.717) is 30.8 Å². The van der Waals surface area contributed by atoms with Crippen LogP contribution in [-0.4, -0.2) is 40.4 Å². The van der Waals surface area contributed by atoms with Crippen LogP contribution in [0.15, 0.2) is 29.2 Å². The highest BCUT2D eigenvalue weighted by molar-refractivity contribution is 7.92. The highest BCUT2D eigenvalue weighted by atomic mass is 32.2. The number of halogens is 2. The molecule has 1 saturated heterocycles. The highest BCUT2D eigenvalue weighted by Gasteiger charge is 2.36. The molecule has 1 aromatic carbocycles. The zero-order chi connectivity index (χ0) is 16.8. The highest BCUT2D eigenvalue weighted by Crippen LogP contribution is 2.26. The van der Waals surface area contributed by atoms with E-state index in [4.69, 9.17) is 0 Å². The number of rotatable bonds is 7. The molecule has 1 heterocycles. The fourth-order valence-electron chi connectivity index (χ4n) is 2.99. The van der Waals surface area contributed by atoms with Gasteiger partial charge in [0.2, 0.25) is 5.91 Å². The van der Waals surface area contributed by atoms with Crippen LogP contribution in [0, 0.1) is 11.7 Å². The van der Waals surface area contributed by atoms with Crippen LogP contribution in [0.1, 0.15) is 32.6 Å². The molecule has 2 rings (SSSR count). The van der Waals surface area contributed by atoms with Gasteiger partial charge < -0.3 is 9.45 Å². The predicted molar refractivity (Wildman–Crippen MR) is 86.8 cm³/mol. The Morgan fingerprint density at radius 1 is 1.39 bits per heavy atom. The fourth-order valence-corrected chi connectivity index (χ4v) is 4.42. The van der Waals surface area contributed by atoms with Crippen molar-refractivity contribution >= 4 is 17.1 Å². The molecule has 2 unspecified atom stereocenters. The van der Waals surface area contributed by atoms with E-state index in [1.807, 2.05) is 6.92 Å². The molecule has 1 amide bonds. The maximum atomic E-state index is 12.9. The fraction of sp³-hybridized carbons (Fsp3) is 0.588. The lowest BCUT2D eigenvalue weighted by molar-refractivity contribution is -0.135. The van der Waals surface area contributed by atoms with Crippen LogP contribution < -0.4 is 0 Å². The topological polar surface area (TPSA) is 43.4 Å². The van der Waals surface area contributed by atoms with Crippen molar-refractivity contribution in [2.75, 3.05) is 19.8 Å². The molecule has 6 heteroatoms. The van der Waals surface area contributed by atoms with E-state index in [0.717, 1.165) is 6.42 Å². The molecule has 1 fully saturated rings. The van der Waals surface area contributed by atoms with Crippen molar-refractivity contribution in [1.29, 1.82) is 0 Å². The lowest BCUT2D eigenvalue weighted by Crippen LogP contribution is -2.36. The number of hydrogen-bond donors (Lipinski definition) is 0. The van der Waals surface area contributed by atoms with Gasteiger partial charge >= 0.3 is 0 Å². The largest absolute Gasteiger partial charge is 0.611 e. The van der Waals surface area contributed by atoms with Gasteiger partial charge in [-0.05, 0) is 48.3 Å². The average molecular weight is 343 g/mol.